The van der Waals surface area contributed by atoms with Crippen LogP contribution in [0.25, 0.3) is 0 Å². The van der Waals surface area contributed by atoms with Crippen LogP contribution in [-0.2, 0) is 10.1 Å². The van der Waals surface area contributed by atoms with Crippen LogP contribution in [0.15, 0.2) is 91.0 Å². The van der Waals surface area contributed by atoms with Crippen molar-refractivity contribution in [1.82, 2.24) is 0 Å². The molecule has 0 heterocycles. The zero-order valence-corrected chi connectivity index (χ0v) is 12.6. The van der Waals surface area contributed by atoms with Crippen molar-refractivity contribution >= 4 is 0 Å². The number of para-hydroxylation sites is 3. The second-order valence-electron chi connectivity index (χ2n) is 4.33. The van der Waals surface area contributed by atoms with Gasteiger partial charge >= 0.3 is 0 Å². The zero-order chi connectivity index (χ0) is 16.9. The molecule has 0 amide bonds. The lowest BCUT2D eigenvalue weighted by atomic mass is 10.3. The topological polar surface area (TPSA) is 66.4 Å². The molecule has 0 atom stereocenters. The lowest BCUT2D eigenvalue weighted by Gasteiger charge is -2.03. The van der Waals surface area contributed by atoms with Crippen LogP contribution in [0.1, 0.15) is 0 Å². The summed E-state index contributed by atoms with van der Waals surface area (Å²) in [5, 5.41) is 15.8. The summed E-state index contributed by atoms with van der Waals surface area (Å²) < 4.78 is 0. The van der Waals surface area contributed by atoms with Gasteiger partial charge in [-0.2, -0.15) is 0 Å². The Bertz CT molecular complexity index is 621. The average Bonchev–Trinajstić information content (AvgIpc) is 2.65. The van der Waals surface area contributed by atoms with Crippen molar-refractivity contribution in [3.63, 3.8) is 0 Å². The fourth-order valence-electron chi connectivity index (χ4n) is 1.57. The molecular formula is C18H16O6. The molecule has 0 aromatic heterocycles. The van der Waals surface area contributed by atoms with Gasteiger partial charge in [-0.25, -0.2) is 5.26 Å². The molecule has 6 heteroatoms. The third-order valence-electron chi connectivity index (χ3n) is 2.62. The summed E-state index contributed by atoms with van der Waals surface area (Å²) in [5.74, 6) is 1.65. The Balaban J connectivity index is 0.000000198. The van der Waals surface area contributed by atoms with Crippen molar-refractivity contribution in [2.75, 3.05) is 0 Å². The molecule has 1 N–H and O–H groups in total. The van der Waals surface area contributed by atoms with Gasteiger partial charge in [0.2, 0.25) is 0 Å². The number of rotatable bonds is 6. The molecule has 3 aromatic rings. The van der Waals surface area contributed by atoms with Crippen LogP contribution >= 0.6 is 0 Å². The Morgan fingerprint density at radius 3 is 1.12 bits per heavy atom. The van der Waals surface area contributed by atoms with Crippen LogP contribution in [0.2, 0.25) is 0 Å². The lowest BCUT2D eigenvalue weighted by Crippen LogP contribution is -2.01. The van der Waals surface area contributed by atoms with Crippen molar-refractivity contribution in [3.05, 3.63) is 91.0 Å². The summed E-state index contributed by atoms with van der Waals surface area (Å²) in [6.07, 6.45) is 0. The Morgan fingerprint density at radius 1 is 0.458 bits per heavy atom. The Labute approximate surface area is 139 Å². The lowest BCUT2D eigenvalue weighted by molar-refractivity contribution is -0.438. The molecule has 0 aliphatic heterocycles. The highest BCUT2D eigenvalue weighted by Gasteiger charge is 1.95. The van der Waals surface area contributed by atoms with Crippen LogP contribution in [0.5, 0.6) is 17.2 Å². The van der Waals surface area contributed by atoms with E-state index < -0.39 is 0 Å². The minimum absolute atomic E-state index is 0.472. The number of benzene rings is 3. The molecule has 0 saturated heterocycles. The Kier molecular flexibility index (Phi) is 7.66. The van der Waals surface area contributed by atoms with Gasteiger partial charge in [0.25, 0.3) is 0 Å². The van der Waals surface area contributed by atoms with E-state index in [2.05, 4.69) is 15.0 Å². The van der Waals surface area contributed by atoms with E-state index in [1.165, 1.54) is 0 Å². The highest BCUT2D eigenvalue weighted by molar-refractivity contribution is 5.21. The van der Waals surface area contributed by atoms with Gasteiger partial charge in [-0.15, -0.1) is 0 Å². The maximum absolute atomic E-state index is 7.80. The summed E-state index contributed by atoms with van der Waals surface area (Å²) >= 11 is 0. The van der Waals surface area contributed by atoms with Crippen molar-refractivity contribution in [2.24, 2.45) is 0 Å². The van der Waals surface area contributed by atoms with Gasteiger partial charge in [-0.1, -0.05) is 54.6 Å². The van der Waals surface area contributed by atoms with Crippen LogP contribution in [0.3, 0.4) is 0 Å². The van der Waals surface area contributed by atoms with Crippen LogP contribution < -0.4 is 14.7 Å². The third kappa shape index (κ3) is 6.80. The largest absolute Gasteiger partial charge is 0.308 e. The van der Waals surface area contributed by atoms with E-state index in [4.69, 9.17) is 15.0 Å². The van der Waals surface area contributed by atoms with Crippen LogP contribution in [0, 0.1) is 0 Å². The minimum atomic E-state index is 0.472. The monoisotopic (exact) mass is 328 g/mol. The molecule has 124 valence electrons. The standard InChI is InChI=1S/C12H10O3.C6H6O3/c1-3-7-11(8-4-1)13-15-14-12-9-5-2-6-10-12;7-9-8-6-4-2-1-3-5-6/h1-10H;1-5,7H. The molecule has 0 unspecified atom stereocenters. The molecule has 0 radical (unpaired) electrons. The molecule has 0 bridgehead atoms. The SMILES string of the molecule is OOOc1ccccc1.c1ccc(OOOc2ccccc2)cc1. The summed E-state index contributed by atoms with van der Waals surface area (Å²) in [4.78, 5) is 14.0. The van der Waals surface area contributed by atoms with Gasteiger partial charge in [0.15, 0.2) is 17.2 Å². The molecule has 0 spiro atoms. The fraction of sp³-hybridized carbons (Fsp3) is 0. The molecular weight excluding hydrogens is 312 g/mol. The maximum Gasteiger partial charge on any atom is 0.169 e. The highest BCUT2D eigenvalue weighted by Crippen LogP contribution is 2.12. The normalized spacial score (nSPS) is 9.38. The van der Waals surface area contributed by atoms with E-state index in [9.17, 15) is 0 Å². The smallest absolute Gasteiger partial charge is 0.169 e. The first-order chi connectivity index (χ1) is 11.9. The van der Waals surface area contributed by atoms with E-state index >= 15 is 0 Å². The molecule has 24 heavy (non-hydrogen) atoms. The van der Waals surface area contributed by atoms with E-state index in [1.54, 1.807) is 48.5 Å². The van der Waals surface area contributed by atoms with Gasteiger partial charge in [-0.3, -0.25) is 9.78 Å². The first-order valence-electron chi connectivity index (χ1n) is 7.03. The molecule has 3 aromatic carbocycles. The quantitative estimate of drug-likeness (QED) is 0.532. The highest BCUT2D eigenvalue weighted by atomic mass is 17.5. The van der Waals surface area contributed by atoms with Gasteiger partial charge in [0.1, 0.15) is 0 Å². The van der Waals surface area contributed by atoms with Gasteiger partial charge in [0.05, 0.1) is 0 Å². The van der Waals surface area contributed by atoms with Gasteiger partial charge in [-0.05, 0) is 41.4 Å². The zero-order valence-electron chi connectivity index (χ0n) is 12.6. The maximum atomic E-state index is 7.80. The molecule has 0 fully saturated rings. The van der Waals surface area contributed by atoms with E-state index in [-0.39, 0.29) is 0 Å². The summed E-state index contributed by atoms with van der Waals surface area (Å²) in [6.45, 7) is 0. The minimum Gasteiger partial charge on any atom is -0.308 e. The predicted octanol–water partition coefficient (Wildman–Crippen LogP) is 4.46. The summed E-state index contributed by atoms with van der Waals surface area (Å²) in [7, 11) is 0. The van der Waals surface area contributed by atoms with E-state index in [0.717, 1.165) is 0 Å². The molecule has 0 aliphatic rings. The first-order valence-corrected chi connectivity index (χ1v) is 7.03. The Morgan fingerprint density at radius 2 is 0.792 bits per heavy atom. The number of hydrogen-bond acceptors (Lipinski definition) is 6. The average molecular weight is 328 g/mol. The summed E-state index contributed by atoms with van der Waals surface area (Å²) in [6, 6.07) is 27.0. The summed E-state index contributed by atoms with van der Waals surface area (Å²) in [5.41, 5.74) is 0. The van der Waals surface area contributed by atoms with E-state index in [0.29, 0.717) is 17.2 Å². The predicted molar refractivity (Wildman–Crippen MR) is 86.0 cm³/mol. The van der Waals surface area contributed by atoms with E-state index in [1.807, 2.05) is 42.5 Å². The van der Waals surface area contributed by atoms with Gasteiger partial charge < -0.3 is 4.89 Å². The van der Waals surface area contributed by atoms with Crippen molar-refractivity contribution in [2.45, 2.75) is 0 Å². The molecule has 0 aliphatic carbocycles. The van der Waals surface area contributed by atoms with Crippen molar-refractivity contribution in [3.8, 4) is 17.2 Å². The van der Waals surface area contributed by atoms with Crippen LogP contribution in [0.4, 0.5) is 0 Å². The molecule has 0 saturated carbocycles. The molecule has 6 nitrogen and oxygen atoms in total. The second-order valence-corrected chi connectivity index (χ2v) is 4.33. The van der Waals surface area contributed by atoms with Crippen LogP contribution in [-0.4, -0.2) is 5.26 Å². The van der Waals surface area contributed by atoms with Crippen molar-refractivity contribution < 1.29 is 30.0 Å². The van der Waals surface area contributed by atoms with Gasteiger partial charge in [0, 0.05) is 5.04 Å². The number of hydrogen-bond donors (Lipinski definition) is 1. The molecule has 3 rings (SSSR count). The second kappa shape index (κ2) is 10.6. The third-order valence-corrected chi connectivity index (χ3v) is 2.62. The van der Waals surface area contributed by atoms with Crippen molar-refractivity contribution in [1.29, 1.82) is 0 Å². The fourth-order valence-corrected chi connectivity index (χ4v) is 1.57. The first kappa shape index (κ1) is 17.3. The Hall–Kier alpha value is -3.06.